The van der Waals surface area contributed by atoms with E-state index in [0.29, 0.717) is 16.6 Å². The Bertz CT molecular complexity index is 947. The van der Waals surface area contributed by atoms with Gasteiger partial charge in [0.25, 0.3) is 5.89 Å². The zero-order valence-corrected chi connectivity index (χ0v) is 15.3. The molecule has 0 aliphatic carbocycles. The first kappa shape index (κ1) is 17.9. The van der Waals surface area contributed by atoms with Crippen LogP contribution in [0.3, 0.4) is 0 Å². The second-order valence-corrected chi connectivity index (χ2v) is 6.00. The van der Waals surface area contributed by atoms with Gasteiger partial charge in [-0.1, -0.05) is 29.8 Å². The zero-order chi connectivity index (χ0) is 18.7. The number of benzene rings is 1. The fourth-order valence-electron chi connectivity index (χ4n) is 2.35. The van der Waals surface area contributed by atoms with Crippen LogP contribution in [0, 0.1) is 6.92 Å². The molecule has 26 heavy (non-hydrogen) atoms. The second-order valence-electron chi connectivity index (χ2n) is 5.64. The lowest BCUT2D eigenvalue weighted by molar-refractivity contribution is -0.143. The fraction of sp³-hybridized carbons (Fsp3) is 0.222. The van der Waals surface area contributed by atoms with E-state index in [1.165, 1.54) is 10.8 Å². The van der Waals surface area contributed by atoms with E-state index in [0.717, 1.165) is 11.3 Å². The van der Waals surface area contributed by atoms with Crippen LogP contribution < -0.4 is 0 Å². The molecule has 0 aliphatic heterocycles. The first-order valence-electron chi connectivity index (χ1n) is 7.92. The average molecular weight is 373 g/mol. The van der Waals surface area contributed by atoms with Crippen molar-refractivity contribution in [2.75, 3.05) is 0 Å². The molecule has 134 valence electrons. The molecule has 0 spiro atoms. The number of rotatable bonds is 5. The maximum atomic E-state index is 12.0. The van der Waals surface area contributed by atoms with Crippen LogP contribution in [0.1, 0.15) is 30.2 Å². The Hall–Kier alpha value is -2.93. The smallest absolute Gasteiger partial charge is 0.331 e. The lowest BCUT2D eigenvalue weighted by Gasteiger charge is -2.06. The first-order valence-corrected chi connectivity index (χ1v) is 8.30. The number of carbonyl (C=O) groups excluding carboxylic acids is 1. The first-order chi connectivity index (χ1) is 12.5. The summed E-state index contributed by atoms with van der Waals surface area (Å²) in [7, 11) is 1.73. The minimum absolute atomic E-state index is 0.223. The van der Waals surface area contributed by atoms with E-state index in [4.69, 9.17) is 20.8 Å². The SMILES string of the molecule is Cc1nn(C)c(Cl)c1/C=C/C(=O)OC(C)c1nnc(-c2ccccc2)o1. The third-order valence-corrected chi connectivity index (χ3v) is 4.13. The highest BCUT2D eigenvalue weighted by Crippen LogP contribution is 2.23. The number of halogens is 1. The van der Waals surface area contributed by atoms with Gasteiger partial charge in [-0.2, -0.15) is 5.10 Å². The fourth-order valence-corrected chi connectivity index (χ4v) is 2.58. The van der Waals surface area contributed by atoms with Crippen molar-refractivity contribution in [1.29, 1.82) is 0 Å². The van der Waals surface area contributed by atoms with Crippen LogP contribution in [-0.2, 0) is 16.6 Å². The largest absolute Gasteiger partial charge is 0.449 e. The highest BCUT2D eigenvalue weighted by molar-refractivity contribution is 6.31. The number of carbonyl (C=O) groups is 1. The minimum atomic E-state index is -0.678. The van der Waals surface area contributed by atoms with Gasteiger partial charge < -0.3 is 9.15 Å². The van der Waals surface area contributed by atoms with Gasteiger partial charge in [0.2, 0.25) is 5.89 Å². The molecule has 0 aliphatic rings. The van der Waals surface area contributed by atoms with E-state index in [9.17, 15) is 4.79 Å². The zero-order valence-electron chi connectivity index (χ0n) is 14.5. The predicted octanol–water partition coefficient (Wildman–Crippen LogP) is 3.75. The minimum Gasteiger partial charge on any atom is -0.449 e. The standard InChI is InChI=1S/C18H17ClN4O3/c1-11-14(16(19)23(3)22-11)9-10-15(24)25-12(2)17-20-21-18(26-17)13-7-5-4-6-8-13/h4-10,12H,1-3H3/b10-9+. The van der Waals surface area contributed by atoms with Crippen molar-refractivity contribution in [2.24, 2.45) is 7.05 Å². The number of hydrogen-bond acceptors (Lipinski definition) is 6. The summed E-state index contributed by atoms with van der Waals surface area (Å²) in [4.78, 5) is 12.0. The van der Waals surface area contributed by atoms with Gasteiger partial charge >= 0.3 is 5.97 Å². The number of aromatic nitrogens is 4. The highest BCUT2D eigenvalue weighted by Gasteiger charge is 2.18. The van der Waals surface area contributed by atoms with Gasteiger partial charge in [0.05, 0.1) is 5.69 Å². The van der Waals surface area contributed by atoms with Crippen molar-refractivity contribution in [2.45, 2.75) is 20.0 Å². The Morgan fingerprint density at radius 2 is 2.04 bits per heavy atom. The van der Waals surface area contributed by atoms with Crippen LogP contribution in [0.2, 0.25) is 5.15 Å². The molecule has 8 heteroatoms. The summed E-state index contributed by atoms with van der Waals surface area (Å²) in [6.45, 7) is 3.47. The highest BCUT2D eigenvalue weighted by atomic mass is 35.5. The molecule has 0 fully saturated rings. The van der Waals surface area contributed by atoms with Gasteiger partial charge in [0.1, 0.15) is 5.15 Å². The van der Waals surface area contributed by atoms with Crippen LogP contribution in [0.5, 0.6) is 0 Å². The van der Waals surface area contributed by atoms with Gasteiger partial charge in [0.15, 0.2) is 6.10 Å². The molecule has 1 aromatic carbocycles. The van der Waals surface area contributed by atoms with E-state index in [-0.39, 0.29) is 5.89 Å². The van der Waals surface area contributed by atoms with Gasteiger partial charge in [0, 0.05) is 24.3 Å². The summed E-state index contributed by atoms with van der Waals surface area (Å²) in [6.07, 6.45) is 2.19. The summed E-state index contributed by atoms with van der Waals surface area (Å²) >= 11 is 6.12. The van der Waals surface area contributed by atoms with Crippen molar-refractivity contribution in [3.8, 4) is 11.5 Å². The molecule has 0 amide bonds. The van der Waals surface area contributed by atoms with Gasteiger partial charge in [-0.05, 0) is 32.1 Å². The molecule has 2 aromatic heterocycles. The number of ether oxygens (including phenoxy) is 1. The normalized spacial score (nSPS) is 12.5. The molecule has 0 bridgehead atoms. The quantitative estimate of drug-likeness (QED) is 0.501. The molecule has 3 rings (SSSR count). The van der Waals surface area contributed by atoms with E-state index in [1.807, 2.05) is 37.3 Å². The lowest BCUT2D eigenvalue weighted by atomic mass is 10.2. The van der Waals surface area contributed by atoms with Crippen LogP contribution in [-0.4, -0.2) is 25.9 Å². The van der Waals surface area contributed by atoms with E-state index >= 15 is 0 Å². The van der Waals surface area contributed by atoms with Crippen molar-refractivity contribution >= 4 is 23.6 Å². The number of aryl methyl sites for hydroxylation is 2. The molecule has 1 unspecified atom stereocenters. The summed E-state index contributed by atoms with van der Waals surface area (Å²) in [6, 6.07) is 9.36. The Labute approximate surface area is 155 Å². The average Bonchev–Trinajstić information content (AvgIpc) is 3.20. The maximum absolute atomic E-state index is 12.0. The Morgan fingerprint density at radius 1 is 1.31 bits per heavy atom. The van der Waals surface area contributed by atoms with Crippen molar-refractivity contribution < 1.29 is 13.9 Å². The Morgan fingerprint density at radius 3 is 2.69 bits per heavy atom. The molecule has 3 aromatic rings. The van der Waals surface area contributed by atoms with Crippen LogP contribution >= 0.6 is 11.6 Å². The third kappa shape index (κ3) is 3.83. The van der Waals surface area contributed by atoms with E-state index in [1.54, 1.807) is 20.0 Å². The van der Waals surface area contributed by atoms with Crippen molar-refractivity contribution in [3.05, 3.63) is 58.7 Å². The molecule has 7 nitrogen and oxygen atoms in total. The van der Waals surface area contributed by atoms with Gasteiger partial charge in [-0.3, -0.25) is 4.68 Å². The monoisotopic (exact) mass is 372 g/mol. The molecular weight excluding hydrogens is 356 g/mol. The van der Waals surface area contributed by atoms with E-state index < -0.39 is 12.1 Å². The third-order valence-electron chi connectivity index (χ3n) is 3.68. The van der Waals surface area contributed by atoms with Crippen LogP contribution in [0.4, 0.5) is 0 Å². The summed E-state index contributed by atoms with van der Waals surface area (Å²) in [5.41, 5.74) is 2.19. The summed E-state index contributed by atoms with van der Waals surface area (Å²) in [5, 5.41) is 12.5. The molecule has 1 atom stereocenters. The molecule has 2 heterocycles. The Balaban J connectivity index is 1.66. The molecule has 0 N–H and O–H groups in total. The van der Waals surface area contributed by atoms with Gasteiger partial charge in [-0.25, -0.2) is 4.79 Å². The Kier molecular flexibility index (Phi) is 5.18. The molecule has 0 saturated carbocycles. The van der Waals surface area contributed by atoms with Gasteiger partial charge in [-0.15, -0.1) is 10.2 Å². The number of nitrogens with zero attached hydrogens (tertiary/aromatic N) is 4. The van der Waals surface area contributed by atoms with Crippen molar-refractivity contribution in [3.63, 3.8) is 0 Å². The molecule has 0 radical (unpaired) electrons. The second kappa shape index (κ2) is 7.53. The maximum Gasteiger partial charge on any atom is 0.331 e. The van der Waals surface area contributed by atoms with E-state index in [2.05, 4.69) is 15.3 Å². The number of esters is 1. The summed E-state index contributed by atoms with van der Waals surface area (Å²) in [5.74, 6) is 0.0503. The van der Waals surface area contributed by atoms with Crippen molar-refractivity contribution in [1.82, 2.24) is 20.0 Å². The predicted molar refractivity (Wildman–Crippen MR) is 96.2 cm³/mol. The topological polar surface area (TPSA) is 83.0 Å². The number of hydrogen-bond donors (Lipinski definition) is 0. The molecular formula is C18H17ClN4O3. The van der Waals surface area contributed by atoms with Crippen LogP contribution in [0.15, 0.2) is 40.8 Å². The lowest BCUT2D eigenvalue weighted by Crippen LogP contribution is -2.06. The summed E-state index contributed by atoms with van der Waals surface area (Å²) < 4.78 is 12.4. The molecule has 0 saturated heterocycles. The van der Waals surface area contributed by atoms with Crippen LogP contribution in [0.25, 0.3) is 17.5 Å².